The summed E-state index contributed by atoms with van der Waals surface area (Å²) in [6.07, 6.45) is 2.46. The number of methoxy groups -OCH3 is 1. The van der Waals surface area contributed by atoms with Gasteiger partial charge in [0, 0.05) is 18.5 Å². The fourth-order valence-corrected chi connectivity index (χ4v) is 4.01. The van der Waals surface area contributed by atoms with E-state index in [4.69, 9.17) is 4.74 Å². The van der Waals surface area contributed by atoms with Gasteiger partial charge < -0.3 is 14.7 Å². The molecule has 2 aromatic rings. The number of hydrogen-bond acceptors (Lipinski definition) is 4. The van der Waals surface area contributed by atoms with Gasteiger partial charge in [0.1, 0.15) is 5.75 Å². The number of aromatic amines is 1. The molecule has 1 aliphatic heterocycles. The second-order valence-corrected chi connectivity index (χ2v) is 6.68. The van der Waals surface area contributed by atoms with Gasteiger partial charge in [0.2, 0.25) is 0 Å². The lowest BCUT2D eigenvalue weighted by Gasteiger charge is -2.27. The molecule has 1 aliphatic carbocycles. The molecule has 0 spiro atoms. The molecule has 0 radical (unpaired) electrons. The molecule has 1 saturated carbocycles. The van der Waals surface area contributed by atoms with Gasteiger partial charge in [-0.15, -0.1) is 0 Å². The number of hydrogen-bond donors (Lipinski definition) is 2. The van der Waals surface area contributed by atoms with Gasteiger partial charge in [-0.2, -0.15) is 5.10 Å². The van der Waals surface area contributed by atoms with Crippen molar-refractivity contribution in [3.05, 3.63) is 23.9 Å². The Kier molecular flexibility index (Phi) is 3.49. The van der Waals surface area contributed by atoms with E-state index in [1.807, 2.05) is 23.1 Å². The standard InChI is InChI=1S/C17H21N3O3/c1-23-13-4-5-15-14(7-13)16(19-18-15)17(22)20-8-10-2-3-12(21)6-11(10)9-20/h4-5,7,10-12,21H,2-3,6,8-9H2,1H3,(H,18,19)/t10-,11+,12-/m0/s1. The number of nitrogens with one attached hydrogen (secondary N) is 1. The van der Waals surface area contributed by atoms with E-state index in [1.54, 1.807) is 7.11 Å². The second-order valence-electron chi connectivity index (χ2n) is 6.68. The Balaban J connectivity index is 1.60. The van der Waals surface area contributed by atoms with Crippen LogP contribution < -0.4 is 4.74 Å². The first kappa shape index (κ1) is 14.5. The lowest BCUT2D eigenvalue weighted by molar-refractivity contribution is 0.0772. The van der Waals surface area contributed by atoms with Crippen LogP contribution in [0.5, 0.6) is 5.75 Å². The summed E-state index contributed by atoms with van der Waals surface area (Å²) < 4.78 is 5.25. The maximum Gasteiger partial charge on any atom is 0.275 e. The SMILES string of the molecule is COc1ccc2[nH]nc(C(=O)N3C[C@H]4C[C@@H](O)CC[C@H]4C3)c2c1. The van der Waals surface area contributed by atoms with Gasteiger partial charge in [-0.05, 0) is 49.3 Å². The van der Waals surface area contributed by atoms with Crippen molar-refractivity contribution >= 4 is 16.8 Å². The minimum Gasteiger partial charge on any atom is -0.497 e. The van der Waals surface area contributed by atoms with E-state index in [0.29, 0.717) is 23.3 Å². The summed E-state index contributed by atoms with van der Waals surface area (Å²) in [4.78, 5) is 14.8. The van der Waals surface area contributed by atoms with Crippen LogP contribution in [0.1, 0.15) is 29.8 Å². The van der Waals surface area contributed by atoms with Gasteiger partial charge in [-0.25, -0.2) is 0 Å². The number of aromatic nitrogens is 2. The van der Waals surface area contributed by atoms with Gasteiger partial charge in [0.25, 0.3) is 5.91 Å². The summed E-state index contributed by atoms with van der Waals surface area (Å²) >= 11 is 0. The van der Waals surface area contributed by atoms with E-state index in [1.165, 1.54) is 0 Å². The zero-order valence-electron chi connectivity index (χ0n) is 13.2. The molecule has 2 heterocycles. The second kappa shape index (κ2) is 5.53. The quantitative estimate of drug-likeness (QED) is 0.886. The Morgan fingerprint density at radius 1 is 1.35 bits per heavy atom. The van der Waals surface area contributed by atoms with Gasteiger partial charge >= 0.3 is 0 Å². The van der Waals surface area contributed by atoms with Crippen molar-refractivity contribution in [2.24, 2.45) is 11.8 Å². The minimum atomic E-state index is -0.207. The van der Waals surface area contributed by atoms with E-state index in [9.17, 15) is 9.90 Å². The maximum atomic E-state index is 12.9. The first-order valence-electron chi connectivity index (χ1n) is 8.15. The zero-order chi connectivity index (χ0) is 16.0. The molecule has 6 nitrogen and oxygen atoms in total. The highest BCUT2D eigenvalue weighted by Gasteiger charge is 2.39. The van der Waals surface area contributed by atoms with Crippen molar-refractivity contribution < 1.29 is 14.6 Å². The Labute approximate surface area is 134 Å². The van der Waals surface area contributed by atoms with Crippen LogP contribution in [-0.4, -0.2) is 52.4 Å². The fraction of sp³-hybridized carbons (Fsp3) is 0.529. The van der Waals surface area contributed by atoms with Crippen molar-refractivity contribution in [2.45, 2.75) is 25.4 Å². The van der Waals surface area contributed by atoms with Crippen LogP contribution in [0.2, 0.25) is 0 Å². The molecule has 2 fully saturated rings. The summed E-state index contributed by atoms with van der Waals surface area (Å²) in [7, 11) is 1.61. The van der Waals surface area contributed by atoms with Crippen LogP contribution in [0.4, 0.5) is 0 Å². The molecule has 2 N–H and O–H groups in total. The molecule has 23 heavy (non-hydrogen) atoms. The van der Waals surface area contributed by atoms with Gasteiger partial charge in [0.15, 0.2) is 5.69 Å². The molecule has 122 valence electrons. The first-order chi connectivity index (χ1) is 11.2. The molecule has 0 unspecified atom stereocenters. The van der Waals surface area contributed by atoms with Crippen molar-refractivity contribution in [1.82, 2.24) is 15.1 Å². The Morgan fingerprint density at radius 3 is 3.00 bits per heavy atom. The summed E-state index contributed by atoms with van der Waals surface area (Å²) in [6, 6.07) is 5.57. The topological polar surface area (TPSA) is 78.5 Å². The molecule has 0 bridgehead atoms. The van der Waals surface area contributed by atoms with E-state index in [2.05, 4.69) is 10.2 Å². The number of aliphatic hydroxyl groups is 1. The third kappa shape index (κ3) is 2.47. The molecular formula is C17H21N3O3. The smallest absolute Gasteiger partial charge is 0.275 e. The molecule has 3 atom stereocenters. The minimum absolute atomic E-state index is 0.0339. The number of amides is 1. The van der Waals surface area contributed by atoms with Crippen LogP contribution in [0.25, 0.3) is 10.9 Å². The number of rotatable bonds is 2. The van der Waals surface area contributed by atoms with E-state index >= 15 is 0 Å². The molecular weight excluding hydrogens is 294 g/mol. The Hall–Kier alpha value is -2.08. The number of benzene rings is 1. The summed E-state index contributed by atoms with van der Waals surface area (Å²) in [6.45, 7) is 1.49. The number of aliphatic hydroxyl groups excluding tert-OH is 1. The van der Waals surface area contributed by atoms with Gasteiger partial charge in [-0.1, -0.05) is 0 Å². The molecule has 1 aromatic heterocycles. The van der Waals surface area contributed by atoms with Gasteiger partial charge in [-0.3, -0.25) is 9.89 Å². The highest BCUT2D eigenvalue weighted by Crippen LogP contribution is 2.37. The highest BCUT2D eigenvalue weighted by molar-refractivity contribution is 6.05. The lowest BCUT2D eigenvalue weighted by Crippen LogP contribution is -2.29. The van der Waals surface area contributed by atoms with Crippen LogP contribution in [0.3, 0.4) is 0 Å². The van der Waals surface area contributed by atoms with Crippen LogP contribution in [0, 0.1) is 11.8 Å². The maximum absolute atomic E-state index is 12.9. The summed E-state index contributed by atoms with van der Waals surface area (Å²) in [5.74, 6) is 1.61. The number of nitrogens with zero attached hydrogens (tertiary/aromatic N) is 2. The molecule has 1 aromatic carbocycles. The number of carbonyl (C=O) groups excluding carboxylic acids is 1. The largest absolute Gasteiger partial charge is 0.497 e. The number of carbonyl (C=O) groups is 1. The third-order valence-electron chi connectivity index (χ3n) is 5.28. The van der Waals surface area contributed by atoms with E-state index in [-0.39, 0.29) is 12.0 Å². The summed E-state index contributed by atoms with van der Waals surface area (Å²) in [5.41, 5.74) is 1.29. The normalized spacial score (nSPS) is 27.2. The predicted molar refractivity (Wildman–Crippen MR) is 85.4 cm³/mol. The molecule has 1 amide bonds. The number of H-pyrrole nitrogens is 1. The molecule has 4 rings (SSSR count). The van der Waals surface area contributed by atoms with Gasteiger partial charge in [0.05, 0.1) is 18.7 Å². The zero-order valence-corrected chi connectivity index (χ0v) is 13.2. The van der Waals surface area contributed by atoms with E-state index < -0.39 is 0 Å². The van der Waals surface area contributed by atoms with Crippen LogP contribution >= 0.6 is 0 Å². The molecule has 6 heteroatoms. The van der Waals surface area contributed by atoms with Crippen molar-refractivity contribution in [3.8, 4) is 5.75 Å². The average Bonchev–Trinajstić information content (AvgIpc) is 3.16. The molecule has 2 aliphatic rings. The number of likely N-dealkylation sites (tertiary alicyclic amines) is 1. The van der Waals surface area contributed by atoms with Crippen LogP contribution in [0.15, 0.2) is 18.2 Å². The van der Waals surface area contributed by atoms with Crippen molar-refractivity contribution in [1.29, 1.82) is 0 Å². The molecule has 1 saturated heterocycles. The number of fused-ring (bicyclic) bond motifs is 2. The fourth-order valence-electron chi connectivity index (χ4n) is 4.01. The Bertz CT molecular complexity index is 742. The number of ether oxygens (including phenoxy) is 1. The Morgan fingerprint density at radius 2 is 2.17 bits per heavy atom. The third-order valence-corrected chi connectivity index (χ3v) is 5.28. The van der Waals surface area contributed by atoms with Crippen molar-refractivity contribution in [2.75, 3.05) is 20.2 Å². The first-order valence-corrected chi connectivity index (χ1v) is 8.15. The van der Waals surface area contributed by atoms with Crippen molar-refractivity contribution in [3.63, 3.8) is 0 Å². The predicted octanol–water partition coefficient (Wildman–Crippen LogP) is 1.80. The van der Waals surface area contributed by atoms with Crippen LogP contribution in [-0.2, 0) is 0 Å². The van der Waals surface area contributed by atoms with E-state index in [0.717, 1.165) is 43.3 Å². The lowest BCUT2D eigenvalue weighted by atomic mass is 9.80. The monoisotopic (exact) mass is 315 g/mol. The summed E-state index contributed by atoms with van der Waals surface area (Å²) in [5, 5.41) is 17.8. The highest BCUT2D eigenvalue weighted by atomic mass is 16.5. The average molecular weight is 315 g/mol.